The molecule has 1 aromatic rings. The van der Waals surface area contributed by atoms with Gasteiger partial charge in [-0.25, -0.2) is 4.98 Å². The van der Waals surface area contributed by atoms with Crippen LogP contribution in [0.15, 0.2) is 18.3 Å². The summed E-state index contributed by atoms with van der Waals surface area (Å²) in [5.74, 6) is 0.149. The molecule has 1 aromatic heterocycles. The number of nitrogens with one attached hydrogen (secondary N) is 1. The summed E-state index contributed by atoms with van der Waals surface area (Å²) in [6.45, 7) is 4.33. The Hall–Kier alpha value is -0.850. The minimum Gasteiger partial charge on any atom is -0.253 e. The monoisotopic (exact) mass is 263 g/mol. The Bertz CT molecular complexity index is 446. The largest absolute Gasteiger partial charge is 0.302 e. The Morgan fingerprint density at radius 3 is 2.56 bits per heavy atom. The van der Waals surface area contributed by atoms with E-state index in [2.05, 4.69) is 9.71 Å². The maximum absolute atomic E-state index is 11.8. The number of nitrogens with zero attached hydrogens (tertiary/aromatic N) is 2. The fraction of sp³-hybridized carbons (Fsp3) is 0.444. The SMILES string of the molecule is CCN(CC)S(=O)(=O)Nc1ncccc1Cl. The summed E-state index contributed by atoms with van der Waals surface area (Å²) >= 11 is 5.81. The lowest BCUT2D eigenvalue weighted by atomic mass is 10.5. The number of hydrogen-bond donors (Lipinski definition) is 1. The van der Waals surface area contributed by atoms with Crippen LogP contribution in [0.5, 0.6) is 0 Å². The highest BCUT2D eigenvalue weighted by molar-refractivity contribution is 7.90. The molecule has 1 rings (SSSR count). The summed E-state index contributed by atoms with van der Waals surface area (Å²) < 4.78 is 27.3. The molecular weight excluding hydrogens is 250 g/mol. The molecule has 0 bridgehead atoms. The maximum Gasteiger partial charge on any atom is 0.302 e. The molecule has 1 heterocycles. The highest BCUT2D eigenvalue weighted by Crippen LogP contribution is 2.19. The molecule has 0 unspecified atom stereocenters. The average molecular weight is 264 g/mol. The van der Waals surface area contributed by atoms with Gasteiger partial charge in [0.1, 0.15) is 0 Å². The number of aromatic nitrogens is 1. The second-order valence-electron chi connectivity index (χ2n) is 3.03. The van der Waals surface area contributed by atoms with Crippen LogP contribution in [0.25, 0.3) is 0 Å². The minimum atomic E-state index is -3.56. The van der Waals surface area contributed by atoms with Crippen molar-refractivity contribution in [2.24, 2.45) is 0 Å². The van der Waals surface area contributed by atoms with Crippen LogP contribution in [0.3, 0.4) is 0 Å². The van der Waals surface area contributed by atoms with Gasteiger partial charge in [0.2, 0.25) is 0 Å². The third kappa shape index (κ3) is 3.07. The van der Waals surface area contributed by atoms with E-state index in [9.17, 15) is 8.42 Å². The van der Waals surface area contributed by atoms with E-state index in [1.807, 2.05) is 0 Å². The first-order chi connectivity index (χ1) is 7.51. The van der Waals surface area contributed by atoms with Crippen LogP contribution >= 0.6 is 11.6 Å². The summed E-state index contributed by atoms with van der Waals surface area (Å²) in [5.41, 5.74) is 0. The van der Waals surface area contributed by atoms with Gasteiger partial charge in [-0.15, -0.1) is 0 Å². The van der Waals surface area contributed by atoms with Crippen molar-refractivity contribution in [2.45, 2.75) is 13.8 Å². The number of hydrogen-bond acceptors (Lipinski definition) is 3. The molecule has 0 radical (unpaired) electrons. The number of anilines is 1. The average Bonchev–Trinajstić information content (AvgIpc) is 2.22. The van der Waals surface area contributed by atoms with E-state index in [1.165, 1.54) is 10.5 Å². The zero-order valence-corrected chi connectivity index (χ0v) is 10.7. The van der Waals surface area contributed by atoms with Crippen LogP contribution in [0.2, 0.25) is 5.02 Å². The molecule has 0 spiro atoms. The van der Waals surface area contributed by atoms with Crippen LogP contribution in [-0.4, -0.2) is 30.8 Å². The quantitative estimate of drug-likeness (QED) is 0.880. The Morgan fingerprint density at radius 1 is 1.44 bits per heavy atom. The molecule has 90 valence electrons. The highest BCUT2D eigenvalue weighted by Gasteiger charge is 2.19. The zero-order valence-electron chi connectivity index (χ0n) is 9.14. The van der Waals surface area contributed by atoms with Crippen molar-refractivity contribution < 1.29 is 8.42 Å². The predicted molar refractivity (Wildman–Crippen MR) is 64.7 cm³/mol. The standard InChI is InChI=1S/C9H14ClN3O2S/c1-3-13(4-2)16(14,15)12-9-8(10)6-5-7-11-9/h5-7H,3-4H2,1-2H3,(H,11,12). The number of halogens is 1. The van der Waals surface area contributed by atoms with Crippen molar-refractivity contribution in [3.8, 4) is 0 Å². The summed E-state index contributed by atoms with van der Waals surface area (Å²) in [7, 11) is -3.56. The Morgan fingerprint density at radius 2 is 2.06 bits per heavy atom. The van der Waals surface area contributed by atoms with E-state index in [0.29, 0.717) is 13.1 Å². The Balaban J connectivity index is 2.93. The van der Waals surface area contributed by atoms with Gasteiger partial charge in [0.15, 0.2) is 5.82 Å². The lowest BCUT2D eigenvalue weighted by molar-refractivity contribution is 0.449. The van der Waals surface area contributed by atoms with Crippen molar-refractivity contribution in [3.05, 3.63) is 23.4 Å². The van der Waals surface area contributed by atoms with Gasteiger partial charge in [0.25, 0.3) is 0 Å². The van der Waals surface area contributed by atoms with Gasteiger partial charge in [-0.3, -0.25) is 4.72 Å². The third-order valence-corrected chi connectivity index (χ3v) is 3.98. The molecular formula is C9H14ClN3O2S. The van der Waals surface area contributed by atoms with Gasteiger partial charge in [-0.2, -0.15) is 12.7 Å². The van der Waals surface area contributed by atoms with Gasteiger partial charge in [0, 0.05) is 19.3 Å². The normalized spacial score (nSPS) is 11.8. The molecule has 0 aromatic carbocycles. The fourth-order valence-electron chi connectivity index (χ4n) is 1.21. The molecule has 0 fully saturated rings. The van der Waals surface area contributed by atoms with Gasteiger partial charge < -0.3 is 0 Å². The lowest BCUT2D eigenvalue weighted by Crippen LogP contribution is -2.35. The van der Waals surface area contributed by atoms with Crippen LogP contribution in [-0.2, 0) is 10.2 Å². The molecule has 7 heteroatoms. The second kappa shape index (κ2) is 5.47. The first-order valence-electron chi connectivity index (χ1n) is 4.89. The number of rotatable bonds is 5. The van der Waals surface area contributed by atoms with E-state index < -0.39 is 10.2 Å². The van der Waals surface area contributed by atoms with Crippen molar-refractivity contribution in [1.82, 2.24) is 9.29 Å². The molecule has 0 saturated heterocycles. The molecule has 0 amide bonds. The van der Waals surface area contributed by atoms with Gasteiger partial charge in [-0.05, 0) is 12.1 Å². The minimum absolute atomic E-state index is 0.149. The first-order valence-corrected chi connectivity index (χ1v) is 6.71. The first kappa shape index (κ1) is 13.2. The van der Waals surface area contributed by atoms with E-state index in [4.69, 9.17) is 11.6 Å². The van der Waals surface area contributed by atoms with Crippen molar-refractivity contribution in [1.29, 1.82) is 0 Å². The summed E-state index contributed by atoms with van der Waals surface area (Å²) in [6, 6.07) is 3.21. The maximum atomic E-state index is 11.8. The van der Waals surface area contributed by atoms with E-state index in [1.54, 1.807) is 26.0 Å². The molecule has 0 aliphatic rings. The van der Waals surface area contributed by atoms with Gasteiger partial charge in [0.05, 0.1) is 5.02 Å². The molecule has 0 atom stereocenters. The van der Waals surface area contributed by atoms with Gasteiger partial charge >= 0.3 is 10.2 Å². The smallest absolute Gasteiger partial charge is 0.253 e. The van der Waals surface area contributed by atoms with Crippen LogP contribution < -0.4 is 4.72 Å². The summed E-state index contributed by atoms with van der Waals surface area (Å²) in [5, 5.41) is 0.276. The summed E-state index contributed by atoms with van der Waals surface area (Å²) in [6.07, 6.45) is 1.48. The molecule has 0 aliphatic heterocycles. The molecule has 0 saturated carbocycles. The second-order valence-corrected chi connectivity index (χ2v) is 5.10. The van der Waals surface area contributed by atoms with Crippen molar-refractivity contribution in [2.75, 3.05) is 17.8 Å². The van der Waals surface area contributed by atoms with Crippen LogP contribution in [0, 0.1) is 0 Å². The third-order valence-electron chi connectivity index (χ3n) is 2.03. The number of pyridine rings is 1. The van der Waals surface area contributed by atoms with Crippen molar-refractivity contribution >= 4 is 27.6 Å². The van der Waals surface area contributed by atoms with Gasteiger partial charge in [-0.1, -0.05) is 25.4 Å². The Kier molecular flexibility index (Phi) is 4.52. The highest BCUT2D eigenvalue weighted by atomic mass is 35.5. The summed E-state index contributed by atoms with van der Waals surface area (Å²) in [4.78, 5) is 3.87. The lowest BCUT2D eigenvalue weighted by Gasteiger charge is -2.19. The molecule has 1 N–H and O–H groups in total. The fourth-order valence-corrected chi connectivity index (χ4v) is 2.65. The zero-order chi connectivity index (χ0) is 12.2. The van der Waals surface area contributed by atoms with Crippen LogP contribution in [0.1, 0.15) is 13.8 Å². The predicted octanol–water partition coefficient (Wildman–Crippen LogP) is 1.73. The molecule has 5 nitrogen and oxygen atoms in total. The van der Waals surface area contributed by atoms with E-state index in [0.717, 1.165) is 0 Å². The van der Waals surface area contributed by atoms with Crippen LogP contribution in [0.4, 0.5) is 5.82 Å². The van der Waals surface area contributed by atoms with E-state index >= 15 is 0 Å². The van der Waals surface area contributed by atoms with Crippen molar-refractivity contribution in [3.63, 3.8) is 0 Å². The Labute approximate surface area is 101 Å². The molecule has 16 heavy (non-hydrogen) atoms. The molecule has 0 aliphatic carbocycles. The van der Waals surface area contributed by atoms with E-state index in [-0.39, 0.29) is 10.8 Å². The topological polar surface area (TPSA) is 62.3 Å².